The fraction of sp³-hybridized carbons (Fsp3) is 0.100. The van der Waals surface area contributed by atoms with E-state index in [0.29, 0.717) is 23.1 Å². The number of para-hydroxylation sites is 1. The van der Waals surface area contributed by atoms with E-state index >= 15 is 0 Å². The lowest BCUT2D eigenvalue weighted by Crippen LogP contribution is -2.15. The third-order valence-electron chi connectivity index (χ3n) is 1.81. The van der Waals surface area contributed by atoms with Gasteiger partial charge in [0.15, 0.2) is 0 Å². The first-order chi connectivity index (χ1) is 6.75. The van der Waals surface area contributed by atoms with Crippen molar-refractivity contribution in [1.82, 2.24) is 5.32 Å². The predicted molar refractivity (Wildman–Crippen MR) is 53.2 cm³/mol. The topological polar surface area (TPSA) is 38.3 Å². The fourth-order valence-electron chi connectivity index (χ4n) is 1.16. The molecule has 4 heteroatoms. The summed E-state index contributed by atoms with van der Waals surface area (Å²) in [5.74, 6) is 1.02. The predicted octanol–water partition coefficient (Wildman–Crippen LogP) is 1.73. The Hall–Kier alpha value is -1.48. The van der Waals surface area contributed by atoms with E-state index in [2.05, 4.69) is 5.32 Å². The highest BCUT2D eigenvalue weighted by Gasteiger charge is 2.13. The average molecular weight is 210 g/mol. The van der Waals surface area contributed by atoms with Crippen LogP contribution in [-0.2, 0) is 4.79 Å². The molecule has 0 unspecified atom stereocenters. The van der Waals surface area contributed by atoms with Gasteiger partial charge in [-0.05, 0) is 12.1 Å². The Morgan fingerprint density at radius 2 is 2.14 bits per heavy atom. The third kappa shape index (κ3) is 1.88. The number of benzene rings is 1. The Morgan fingerprint density at radius 1 is 1.36 bits per heavy atom. The molecule has 1 aromatic rings. The maximum Gasteiger partial charge on any atom is 0.247 e. The maximum atomic E-state index is 10.8. The van der Waals surface area contributed by atoms with Gasteiger partial charge in [-0.15, -0.1) is 0 Å². The van der Waals surface area contributed by atoms with E-state index < -0.39 is 0 Å². The van der Waals surface area contributed by atoms with Gasteiger partial charge in [-0.25, -0.2) is 0 Å². The second kappa shape index (κ2) is 3.72. The quantitative estimate of drug-likeness (QED) is 0.806. The molecule has 72 valence electrons. The zero-order valence-electron chi connectivity index (χ0n) is 7.29. The number of hydrogen-bond acceptors (Lipinski definition) is 2. The molecular weight excluding hydrogens is 202 g/mol. The van der Waals surface area contributed by atoms with Crippen LogP contribution in [0.4, 0.5) is 0 Å². The van der Waals surface area contributed by atoms with Crippen LogP contribution in [0.15, 0.2) is 36.1 Å². The Balaban J connectivity index is 2.15. The summed E-state index contributed by atoms with van der Waals surface area (Å²) in [6.45, 7) is 0.421. The van der Waals surface area contributed by atoms with Crippen LogP contribution in [0.25, 0.3) is 0 Å². The Kier molecular flexibility index (Phi) is 2.41. The number of rotatable bonds is 2. The summed E-state index contributed by atoms with van der Waals surface area (Å²) >= 11 is 5.88. The van der Waals surface area contributed by atoms with E-state index in [9.17, 15) is 4.79 Å². The van der Waals surface area contributed by atoms with Gasteiger partial charge in [-0.3, -0.25) is 4.79 Å². The molecule has 3 nitrogen and oxygen atoms in total. The lowest BCUT2D eigenvalue weighted by Gasteiger charge is -2.06. The van der Waals surface area contributed by atoms with Gasteiger partial charge in [0.05, 0.1) is 11.6 Å². The Bertz CT molecular complexity index is 401. The van der Waals surface area contributed by atoms with Crippen LogP contribution in [0, 0.1) is 0 Å². The lowest BCUT2D eigenvalue weighted by atomic mass is 10.3. The number of hydrogen-bond donors (Lipinski definition) is 1. The van der Waals surface area contributed by atoms with Crippen molar-refractivity contribution < 1.29 is 9.53 Å². The third-order valence-corrected chi connectivity index (χ3v) is 2.12. The number of carbonyl (C=O) groups excluding carboxylic acids is 1. The molecule has 0 saturated heterocycles. The summed E-state index contributed by atoms with van der Waals surface area (Å²) in [7, 11) is 0. The maximum absolute atomic E-state index is 10.8. The monoisotopic (exact) mass is 209 g/mol. The van der Waals surface area contributed by atoms with Crippen LogP contribution in [-0.4, -0.2) is 12.5 Å². The van der Waals surface area contributed by atoms with Crippen molar-refractivity contribution >= 4 is 17.5 Å². The second-order valence-electron chi connectivity index (χ2n) is 2.86. The molecule has 1 aliphatic heterocycles. The molecule has 0 aromatic heterocycles. The van der Waals surface area contributed by atoms with Gasteiger partial charge in [-0.1, -0.05) is 23.7 Å². The van der Waals surface area contributed by atoms with Crippen LogP contribution in [0.3, 0.4) is 0 Å². The first-order valence-electron chi connectivity index (χ1n) is 4.16. The van der Waals surface area contributed by atoms with Gasteiger partial charge in [-0.2, -0.15) is 0 Å². The number of halogens is 1. The Morgan fingerprint density at radius 3 is 2.79 bits per heavy atom. The van der Waals surface area contributed by atoms with Gasteiger partial charge in [0, 0.05) is 6.08 Å². The number of ether oxygens (including phenoxy) is 1. The van der Waals surface area contributed by atoms with Gasteiger partial charge in [0.25, 0.3) is 0 Å². The van der Waals surface area contributed by atoms with Crippen molar-refractivity contribution in [2.45, 2.75) is 0 Å². The molecule has 0 atom stereocenters. The zero-order chi connectivity index (χ0) is 9.97. The molecule has 0 spiro atoms. The molecule has 0 radical (unpaired) electrons. The molecule has 14 heavy (non-hydrogen) atoms. The van der Waals surface area contributed by atoms with Crippen molar-refractivity contribution in [2.24, 2.45) is 0 Å². The highest BCUT2D eigenvalue weighted by molar-refractivity contribution is 6.32. The summed E-state index contributed by atoms with van der Waals surface area (Å²) in [5.41, 5.74) is 0. The fourth-order valence-corrected chi connectivity index (χ4v) is 1.33. The van der Waals surface area contributed by atoms with E-state index in [1.807, 2.05) is 12.1 Å². The first-order valence-corrected chi connectivity index (χ1v) is 4.54. The molecule has 0 saturated carbocycles. The van der Waals surface area contributed by atoms with E-state index in [0.717, 1.165) is 0 Å². The summed E-state index contributed by atoms with van der Waals surface area (Å²) < 4.78 is 5.42. The number of amides is 1. The van der Waals surface area contributed by atoms with E-state index in [1.165, 1.54) is 6.08 Å². The highest BCUT2D eigenvalue weighted by Crippen LogP contribution is 2.25. The van der Waals surface area contributed by atoms with Crippen molar-refractivity contribution in [3.05, 3.63) is 41.1 Å². The van der Waals surface area contributed by atoms with Gasteiger partial charge in [0.1, 0.15) is 11.5 Å². The van der Waals surface area contributed by atoms with Gasteiger partial charge < -0.3 is 10.1 Å². The van der Waals surface area contributed by atoms with E-state index in [1.54, 1.807) is 12.1 Å². The van der Waals surface area contributed by atoms with Crippen LogP contribution in [0.1, 0.15) is 0 Å². The van der Waals surface area contributed by atoms with Crippen molar-refractivity contribution in [2.75, 3.05) is 6.54 Å². The largest absolute Gasteiger partial charge is 0.458 e. The smallest absolute Gasteiger partial charge is 0.247 e. The number of carbonyl (C=O) groups is 1. The summed E-state index contributed by atoms with van der Waals surface area (Å²) in [6.07, 6.45) is 1.42. The van der Waals surface area contributed by atoms with Crippen LogP contribution < -0.4 is 10.1 Å². The van der Waals surface area contributed by atoms with Crippen molar-refractivity contribution in [3.63, 3.8) is 0 Å². The first kappa shape index (κ1) is 9.09. The van der Waals surface area contributed by atoms with Crippen LogP contribution in [0.2, 0.25) is 5.02 Å². The molecule has 0 fully saturated rings. The Labute approximate surface area is 86.3 Å². The standard InChI is InChI=1S/C10H8ClNO2/c11-8-3-1-2-4-9(8)14-7-5-10(13)12-6-7/h1-5H,6H2,(H,12,13). The SMILES string of the molecule is O=C1C=C(Oc2ccccc2Cl)CN1. The minimum Gasteiger partial charge on any atom is -0.458 e. The zero-order valence-corrected chi connectivity index (χ0v) is 8.04. The molecule has 0 aliphatic carbocycles. The van der Waals surface area contributed by atoms with Gasteiger partial charge in [0.2, 0.25) is 5.91 Å². The van der Waals surface area contributed by atoms with E-state index in [-0.39, 0.29) is 5.91 Å². The van der Waals surface area contributed by atoms with Crippen molar-refractivity contribution in [1.29, 1.82) is 0 Å². The average Bonchev–Trinajstić information content (AvgIpc) is 2.56. The molecule has 1 N–H and O–H groups in total. The summed E-state index contributed by atoms with van der Waals surface area (Å²) in [4.78, 5) is 10.8. The molecule has 2 rings (SSSR count). The minimum atomic E-state index is -0.132. The van der Waals surface area contributed by atoms with Crippen LogP contribution in [0.5, 0.6) is 5.75 Å². The molecule has 1 heterocycles. The molecule has 1 aromatic carbocycles. The van der Waals surface area contributed by atoms with E-state index in [4.69, 9.17) is 16.3 Å². The van der Waals surface area contributed by atoms with Crippen LogP contribution >= 0.6 is 11.6 Å². The normalized spacial score (nSPS) is 14.9. The summed E-state index contributed by atoms with van der Waals surface area (Å²) in [6, 6.07) is 7.14. The highest BCUT2D eigenvalue weighted by atomic mass is 35.5. The molecule has 1 aliphatic rings. The van der Waals surface area contributed by atoms with Gasteiger partial charge >= 0.3 is 0 Å². The van der Waals surface area contributed by atoms with Crippen molar-refractivity contribution in [3.8, 4) is 5.75 Å². The number of nitrogens with one attached hydrogen (secondary N) is 1. The minimum absolute atomic E-state index is 0.132. The second-order valence-corrected chi connectivity index (χ2v) is 3.27. The lowest BCUT2D eigenvalue weighted by molar-refractivity contribution is -0.115. The molecule has 0 bridgehead atoms. The summed E-state index contributed by atoms with van der Waals surface area (Å²) in [5, 5.41) is 3.14. The molecule has 1 amide bonds. The molecular formula is C10H8ClNO2.